The van der Waals surface area contributed by atoms with Crippen LogP contribution < -0.4 is 4.13 Å². The molecule has 0 spiro atoms. The summed E-state index contributed by atoms with van der Waals surface area (Å²) in [5.74, 6) is 0.114. The van der Waals surface area contributed by atoms with Crippen molar-refractivity contribution in [1.29, 1.82) is 0 Å². The number of hydrogen-bond donors (Lipinski definition) is 1. The van der Waals surface area contributed by atoms with Crippen molar-refractivity contribution in [3.05, 3.63) is 108 Å². The van der Waals surface area contributed by atoms with Gasteiger partial charge in [-0.3, -0.25) is 0 Å². The first-order valence-corrected chi connectivity index (χ1v) is 14.5. The Morgan fingerprint density at radius 3 is 1.88 bits per heavy atom. The fraction of sp³-hybridized carbons (Fsp3) is 0.167. The normalized spacial score (nSPS) is 13.4. The second kappa shape index (κ2) is 11.0. The van der Waals surface area contributed by atoms with Gasteiger partial charge < -0.3 is 0 Å². The molecule has 0 radical (unpaired) electrons. The second-order valence-corrected chi connectivity index (χ2v) is 12.7. The zero-order chi connectivity index (χ0) is 23.9. The number of hydrogen-bond acceptors (Lipinski definition) is 4. The zero-order valence-corrected chi connectivity index (χ0v) is 20.8. The third-order valence-corrected chi connectivity index (χ3v) is 10.1. The summed E-state index contributed by atoms with van der Waals surface area (Å²) >= 11 is 0. The van der Waals surface area contributed by atoms with Gasteiger partial charge in [0.1, 0.15) is 0 Å². The van der Waals surface area contributed by atoms with Gasteiger partial charge in [-0.2, -0.15) is 8.42 Å². The van der Waals surface area contributed by atoms with E-state index in [9.17, 15) is 16.8 Å². The number of rotatable bonds is 9. The lowest BCUT2D eigenvalue weighted by atomic mass is 10.1. The molecule has 33 heavy (non-hydrogen) atoms. The highest BCUT2D eigenvalue weighted by Gasteiger charge is 2.19. The van der Waals surface area contributed by atoms with Crippen LogP contribution in [0, 0.1) is 13.8 Å². The number of sulfonamides is 2. The summed E-state index contributed by atoms with van der Waals surface area (Å²) in [6.07, 6.45) is 4.28. The van der Waals surface area contributed by atoms with Crippen LogP contribution >= 0.6 is 0 Å². The Labute approximate surface area is 198 Å². The van der Waals surface area contributed by atoms with Crippen molar-refractivity contribution in [2.45, 2.75) is 30.1 Å². The molecule has 0 fully saturated rings. The van der Waals surface area contributed by atoms with Gasteiger partial charge >= 0.3 is 0 Å². The smallest absolute Gasteiger partial charge is 0.206 e. The molecule has 0 aromatic heterocycles. The maximum atomic E-state index is 12.9. The molecule has 0 amide bonds. The first kappa shape index (κ1) is 25.0. The van der Waals surface area contributed by atoms with Crippen molar-refractivity contribution >= 4 is 30.9 Å². The standard InChI is InChI=1S/C24H26N2O4S3/c1-20-11-15-23(16-12-20)32(27,28)25-31(19-7-6-10-22-8-4-3-5-9-22)26-33(29,30)24-17-13-21(2)14-18-24/h3-9,11-18H,10,19H2,1-2H3,(H,25,26)/b7-6+. The lowest BCUT2D eigenvalue weighted by Crippen LogP contribution is -2.28. The maximum Gasteiger partial charge on any atom is 0.289 e. The Hall–Kier alpha value is -2.59. The fourth-order valence-electron chi connectivity index (χ4n) is 2.84. The molecule has 0 heterocycles. The van der Waals surface area contributed by atoms with Gasteiger partial charge in [0.15, 0.2) is 0 Å². The topological polar surface area (TPSA) is 92.7 Å². The van der Waals surface area contributed by atoms with Gasteiger partial charge in [-0.05, 0) is 50.1 Å². The van der Waals surface area contributed by atoms with Gasteiger partial charge in [0.25, 0.3) is 20.0 Å². The maximum absolute atomic E-state index is 12.9. The molecule has 3 aromatic carbocycles. The zero-order valence-electron chi connectivity index (χ0n) is 18.4. The summed E-state index contributed by atoms with van der Waals surface area (Å²) in [5.41, 5.74) is 2.93. The van der Waals surface area contributed by atoms with Crippen LogP contribution in [0.3, 0.4) is 0 Å². The minimum absolute atomic E-state index is 0.0217. The predicted octanol–water partition coefficient (Wildman–Crippen LogP) is 4.49. The quantitative estimate of drug-likeness (QED) is 0.437. The van der Waals surface area contributed by atoms with Crippen LogP contribution in [0.4, 0.5) is 0 Å². The first-order valence-electron chi connectivity index (χ1n) is 10.2. The first-order chi connectivity index (χ1) is 15.7. The summed E-state index contributed by atoms with van der Waals surface area (Å²) in [7, 11) is -9.53. The third-order valence-electron chi connectivity index (χ3n) is 4.66. The van der Waals surface area contributed by atoms with Gasteiger partial charge in [0, 0.05) is 16.6 Å². The molecular weight excluding hydrogens is 476 g/mol. The Morgan fingerprint density at radius 1 is 0.758 bits per heavy atom. The van der Waals surface area contributed by atoms with E-state index in [4.69, 9.17) is 0 Å². The number of nitrogens with one attached hydrogen (secondary N) is 1. The lowest BCUT2D eigenvalue weighted by molar-refractivity contribution is 0.594. The lowest BCUT2D eigenvalue weighted by Gasteiger charge is -2.10. The SMILES string of the molecule is Cc1ccc(S(=O)(=O)/N=S(\C/C=C/Cc2ccccc2)NS(=O)(=O)c2ccc(C)cc2)cc1. The van der Waals surface area contributed by atoms with Crippen LogP contribution in [0.1, 0.15) is 16.7 Å². The van der Waals surface area contributed by atoms with E-state index in [1.807, 2.05) is 50.3 Å². The molecule has 1 atom stereocenters. The van der Waals surface area contributed by atoms with Gasteiger partial charge in [-0.25, -0.2) is 8.42 Å². The predicted molar refractivity (Wildman–Crippen MR) is 134 cm³/mol. The molecule has 0 bridgehead atoms. The van der Waals surface area contributed by atoms with E-state index >= 15 is 0 Å². The second-order valence-electron chi connectivity index (χ2n) is 7.45. The van der Waals surface area contributed by atoms with Crippen molar-refractivity contribution in [1.82, 2.24) is 4.13 Å². The van der Waals surface area contributed by atoms with Gasteiger partial charge in [-0.1, -0.05) is 77.9 Å². The molecule has 0 saturated carbocycles. The largest absolute Gasteiger partial charge is 0.289 e. The summed E-state index contributed by atoms with van der Waals surface area (Å²) in [4.78, 5) is 0.0789. The van der Waals surface area contributed by atoms with Crippen LogP contribution in [0.5, 0.6) is 0 Å². The number of benzene rings is 3. The van der Waals surface area contributed by atoms with Crippen LogP contribution in [-0.4, -0.2) is 22.6 Å². The van der Waals surface area contributed by atoms with E-state index in [0.717, 1.165) is 16.7 Å². The van der Waals surface area contributed by atoms with E-state index in [0.29, 0.717) is 6.42 Å². The Morgan fingerprint density at radius 2 is 1.30 bits per heavy atom. The minimum Gasteiger partial charge on any atom is -0.206 e. The highest BCUT2D eigenvalue weighted by molar-refractivity contribution is 8.06. The van der Waals surface area contributed by atoms with E-state index in [1.54, 1.807) is 30.3 Å². The molecule has 174 valence electrons. The minimum atomic E-state index is -4.05. The summed E-state index contributed by atoms with van der Waals surface area (Å²) in [5, 5.41) is 0. The molecule has 0 saturated heterocycles. The average molecular weight is 503 g/mol. The molecule has 6 nitrogen and oxygen atoms in total. The van der Waals surface area contributed by atoms with Gasteiger partial charge in [-0.15, -0.1) is 7.90 Å². The molecule has 0 aliphatic heterocycles. The average Bonchev–Trinajstić information content (AvgIpc) is 2.77. The summed E-state index contributed by atoms with van der Waals surface area (Å²) in [6.45, 7) is 3.71. The van der Waals surface area contributed by atoms with Crippen molar-refractivity contribution in [3.63, 3.8) is 0 Å². The number of allylic oxidation sites excluding steroid dienone is 1. The Balaban J connectivity index is 1.88. The van der Waals surface area contributed by atoms with Crippen molar-refractivity contribution in [3.8, 4) is 0 Å². The van der Waals surface area contributed by atoms with E-state index < -0.39 is 30.9 Å². The monoisotopic (exact) mass is 502 g/mol. The third kappa shape index (κ3) is 7.46. The van der Waals surface area contributed by atoms with Gasteiger partial charge in [0.2, 0.25) is 0 Å². The molecule has 0 aliphatic rings. The Bertz CT molecular complexity index is 1350. The molecule has 9 heteroatoms. The van der Waals surface area contributed by atoms with Crippen molar-refractivity contribution < 1.29 is 16.8 Å². The van der Waals surface area contributed by atoms with Crippen molar-refractivity contribution in [2.75, 3.05) is 5.75 Å². The van der Waals surface area contributed by atoms with E-state index in [2.05, 4.69) is 7.90 Å². The van der Waals surface area contributed by atoms with E-state index in [1.165, 1.54) is 24.3 Å². The number of nitrogens with zero attached hydrogens (tertiary/aromatic N) is 1. The van der Waals surface area contributed by atoms with Crippen LogP contribution in [0.25, 0.3) is 0 Å². The molecule has 0 aliphatic carbocycles. The molecule has 3 aromatic rings. The van der Waals surface area contributed by atoms with Gasteiger partial charge in [0.05, 0.1) is 9.79 Å². The summed E-state index contributed by atoms with van der Waals surface area (Å²) in [6, 6.07) is 22.4. The van der Waals surface area contributed by atoms with Crippen LogP contribution in [0.2, 0.25) is 0 Å². The van der Waals surface area contributed by atoms with Crippen LogP contribution in [0.15, 0.2) is 105 Å². The molecule has 1 unspecified atom stereocenters. The number of aryl methyl sites for hydroxylation is 2. The highest BCUT2D eigenvalue weighted by Crippen LogP contribution is 2.16. The Kier molecular flexibility index (Phi) is 8.36. The van der Waals surface area contributed by atoms with Crippen LogP contribution in [-0.2, 0) is 37.3 Å². The molecular formula is C24H26N2O4S3. The molecule has 3 rings (SSSR count). The molecule has 1 N–H and O–H groups in total. The van der Waals surface area contributed by atoms with Crippen molar-refractivity contribution in [2.24, 2.45) is 3.77 Å². The highest BCUT2D eigenvalue weighted by atomic mass is 32.3. The van der Waals surface area contributed by atoms with E-state index in [-0.39, 0.29) is 15.5 Å². The fourth-order valence-corrected chi connectivity index (χ4v) is 7.73. The summed E-state index contributed by atoms with van der Waals surface area (Å²) < 4.78 is 57.9.